The van der Waals surface area contributed by atoms with E-state index < -0.39 is 17.7 Å². The van der Waals surface area contributed by atoms with Gasteiger partial charge in [-0.2, -0.15) is 0 Å². The zero-order valence-corrected chi connectivity index (χ0v) is 27.8. The Balaban J connectivity index is 0.975. The molecule has 0 aromatic heterocycles. The third-order valence-electron chi connectivity index (χ3n) is 7.75. The second-order valence-electron chi connectivity index (χ2n) is 11.6. The minimum Gasteiger partial charge on any atom is -0.508 e. The number of amides is 1. The van der Waals surface area contributed by atoms with Crippen molar-refractivity contribution in [3.63, 3.8) is 0 Å². The molecule has 1 spiro atoms. The predicted molar refractivity (Wildman–Crippen MR) is 184 cm³/mol. The van der Waals surface area contributed by atoms with Gasteiger partial charge in [0.1, 0.15) is 35.4 Å². The average Bonchev–Trinajstić information content (AvgIpc) is 3.35. The zero-order chi connectivity index (χ0) is 35.4. The summed E-state index contributed by atoms with van der Waals surface area (Å²) in [6.45, 7) is 4.41. The summed E-state index contributed by atoms with van der Waals surface area (Å²) in [7, 11) is 0. The fourth-order valence-corrected chi connectivity index (χ4v) is 5.85. The second-order valence-corrected chi connectivity index (χ2v) is 12.0. The summed E-state index contributed by atoms with van der Waals surface area (Å²) >= 11 is 5.41. The molecule has 0 unspecified atom stereocenters. The predicted octanol–water partition coefficient (Wildman–Crippen LogP) is 5.32. The van der Waals surface area contributed by atoms with Crippen LogP contribution in [0.5, 0.6) is 28.7 Å². The number of hydrogen-bond donors (Lipinski definition) is 5. The summed E-state index contributed by atoms with van der Waals surface area (Å²) in [5.74, 6) is -0.0153. The van der Waals surface area contributed by atoms with Gasteiger partial charge < -0.3 is 49.8 Å². The molecule has 4 aromatic rings. The first-order valence-corrected chi connectivity index (χ1v) is 16.0. The molecule has 0 fully saturated rings. The number of aromatic hydroxyl groups is 2. The molecule has 6 rings (SSSR count). The van der Waals surface area contributed by atoms with Crippen LogP contribution < -0.4 is 25.4 Å². The molecule has 5 N–H and O–H groups in total. The van der Waals surface area contributed by atoms with Crippen molar-refractivity contribution in [1.29, 1.82) is 0 Å². The van der Waals surface area contributed by atoms with Crippen LogP contribution in [0.3, 0.4) is 0 Å². The first-order valence-electron chi connectivity index (χ1n) is 15.6. The van der Waals surface area contributed by atoms with Gasteiger partial charge in [0.15, 0.2) is 10.7 Å². The number of carbonyl (C=O) groups is 3. The lowest BCUT2D eigenvalue weighted by Crippen LogP contribution is -2.33. The van der Waals surface area contributed by atoms with Crippen LogP contribution in [0, 0.1) is 0 Å². The highest BCUT2D eigenvalue weighted by Gasteiger charge is 2.53. The molecule has 0 radical (unpaired) electrons. The van der Waals surface area contributed by atoms with Crippen LogP contribution >= 0.6 is 12.2 Å². The molecule has 0 saturated carbocycles. The number of ether oxygens (including phenoxy) is 5. The van der Waals surface area contributed by atoms with Crippen molar-refractivity contribution >= 4 is 41.0 Å². The van der Waals surface area contributed by atoms with Gasteiger partial charge in [-0.15, -0.1) is 0 Å². The summed E-state index contributed by atoms with van der Waals surface area (Å²) in [5.41, 5.74) is 1.56. The van der Waals surface area contributed by atoms with E-state index in [9.17, 15) is 24.6 Å². The van der Waals surface area contributed by atoms with Crippen molar-refractivity contribution in [2.24, 2.45) is 0 Å². The quantitative estimate of drug-likeness (QED) is 0.0623. The molecule has 4 aromatic carbocycles. The van der Waals surface area contributed by atoms with E-state index in [4.69, 9.17) is 35.9 Å². The fourth-order valence-electron chi connectivity index (χ4n) is 5.63. The van der Waals surface area contributed by atoms with Crippen LogP contribution in [0.25, 0.3) is 0 Å². The lowest BCUT2D eigenvalue weighted by atomic mass is 9.77. The van der Waals surface area contributed by atoms with E-state index in [-0.39, 0.29) is 54.1 Å². The lowest BCUT2D eigenvalue weighted by molar-refractivity contribution is 0.0224. The highest BCUT2D eigenvalue weighted by molar-refractivity contribution is 7.80. The number of rotatable bonds is 10. The summed E-state index contributed by atoms with van der Waals surface area (Å²) in [4.78, 5) is 37.3. The summed E-state index contributed by atoms with van der Waals surface area (Å²) in [6.07, 6.45) is -0.899. The molecule has 50 heavy (non-hydrogen) atoms. The van der Waals surface area contributed by atoms with E-state index >= 15 is 0 Å². The SMILES string of the molecule is CC(C)NC(=O)c1ccc(OC(=O)OCCOCCNC(=S)Nc2ccc3c(c2)C(=O)OC32c3ccc(O)cc3Oc3cc(O)ccc32)cc1. The number of anilines is 1. The molecule has 2 heterocycles. The average molecular weight is 700 g/mol. The fraction of sp³-hybridized carbons (Fsp3) is 0.222. The Hall–Kier alpha value is -5.86. The number of carbonyl (C=O) groups excluding carboxylic acids is 3. The van der Waals surface area contributed by atoms with Crippen LogP contribution in [-0.4, -0.2) is 65.8 Å². The van der Waals surface area contributed by atoms with E-state index in [1.165, 1.54) is 36.4 Å². The Morgan fingerprint density at radius 3 is 2.18 bits per heavy atom. The minimum absolute atomic E-state index is 0.00248. The Labute approximate surface area is 292 Å². The third kappa shape index (κ3) is 7.11. The molecule has 14 heteroatoms. The van der Waals surface area contributed by atoms with Gasteiger partial charge in [-0.05, 0) is 86.7 Å². The third-order valence-corrected chi connectivity index (χ3v) is 7.99. The van der Waals surface area contributed by atoms with Crippen LogP contribution in [0.2, 0.25) is 0 Å². The van der Waals surface area contributed by atoms with E-state index in [0.717, 1.165) is 0 Å². The van der Waals surface area contributed by atoms with Crippen molar-refractivity contribution in [3.05, 3.63) is 107 Å². The number of phenolic OH excluding ortho intramolecular Hbond substituents is 2. The van der Waals surface area contributed by atoms with Gasteiger partial charge >= 0.3 is 12.1 Å². The molecular weight excluding hydrogens is 666 g/mol. The highest BCUT2D eigenvalue weighted by atomic mass is 32.1. The van der Waals surface area contributed by atoms with Gasteiger partial charge in [0.05, 0.1) is 18.8 Å². The van der Waals surface area contributed by atoms with Gasteiger partial charge in [-0.3, -0.25) is 4.79 Å². The molecule has 2 aliphatic heterocycles. The van der Waals surface area contributed by atoms with Crippen molar-refractivity contribution in [2.45, 2.75) is 25.5 Å². The van der Waals surface area contributed by atoms with Gasteiger partial charge in [-0.25, -0.2) is 9.59 Å². The Morgan fingerprint density at radius 2 is 1.52 bits per heavy atom. The first kappa shape index (κ1) is 34.0. The molecular formula is C36H33N3O10S. The molecule has 0 bridgehead atoms. The normalized spacial score (nSPS) is 13.3. The van der Waals surface area contributed by atoms with Gasteiger partial charge in [0.2, 0.25) is 0 Å². The summed E-state index contributed by atoms with van der Waals surface area (Å²) < 4.78 is 27.7. The molecule has 13 nitrogen and oxygen atoms in total. The van der Waals surface area contributed by atoms with Gasteiger partial charge in [0, 0.05) is 52.7 Å². The van der Waals surface area contributed by atoms with Gasteiger partial charge in [-0.1, -0.05) is 6.07 Å². The Bertz CT molecular complexity index is 1910. The van der Waals surface area contributed by atoms with E-state index in [0.29, 0.717) is 51.5 Å². The smallest absolute Gasteiger partial charge is 0.508 e. The number of phenols is 2. The molecule has 0 aliphatic carbocycles. The second kappa shape index (κ2) is 14.3. The van der Waals surface area contributed by atoms with E-state index in [2.05, 4.69) is 16.0 Å². The maximum Gasteiger partial charge on any atom is 0.513 e. The lowest BCUT2D eigenvalue weighted by Gasteiger charge is -2.36. The summed E-state index contributed by atoms with van der Waals surface area (Å²) in [6, 6.07) is 20.4. The highest BCUT2D eigenvalue weighted by Crippen LogP contribution is 2.57. The Morgan fingerprint density at radius 1 is 0.860 bits per heavy atom. The first-order chi connectivity index (χ1) is 24.0. The van der Waals surface area contributed by atoms with Crippen LogP contribution in [0.4, 0.5) is 10.5 Å². The molecule has 1 amide bonds. The van der Waals surface area contributed by atoms with Crippen LogP contribution in [0.15, 0.2) is 78.9 Å². The molecule has 0 atom stereocenters. The van der Waals surface area contributed by atoms with Crippen molar-refractivity contribution in [2.75, 3.05) is 31.7 Å². The number of nitrogens with one attached hydrogen (secondary N) is 3. The molecule has 258 valence electrons. The number of fused-ring (bicyclic) bond motifs is 6. The monoisotopic (exact) mass is 699 g/mol. The number of thiocarbonyl (C=S) groups is 1. The van der Waals surface area contributed by atoms with Crippen molar-refractivity contribution in [1.82, 2.24) is 10.6 Å². The van der Waals surface area contributed by atoms with Gasteiger partial charge in [0.25, 0.3) is 5.91 Å². The minimum atomic E-state index is -1.36. The Kier molecular flexibility index (Phi) is 9.74. The molecule has 2 aliphatic rings. The van der Waals surface area contributed by atoms with Crippen LogP contribution in [0.1, 0.15) is 51.3 Å². The number of hydrogen-bond acceptors (Lipinski definition) is 11. The van der Waals surface area contributed by atoms with E-state index in [1.54, 1.807) is 42.5 Å². The summed E-state index contributed by atoms with van der Waals surface area (Å²) in [5, 5.41) is 29.3. The maximum absolute atomic E-state index is 13.3. The maximum atomic E-state index is 13.3. The van der Waals surface area contributed by atoms with Crippen molar-refractivity contribution < 1.29 is 48.3 Å². The zero-order valence-electron chi connectivity index (χ0n) is 27.0. The standard InChI is InChI=1S/C36H33N3O10S/c1-20(2)38-32(42)21-3-8-25(9-4-21)47-35(44)46-16-15-45-14-13-37-34(50)39-22-5-10-27-26(17-22)33(43)49-36(27)28-11-6-23(40)18-30(28)48-31-19-24(41)7-12-29(31)36/h3-12,17-20,40-41H,13-16H2,1-2H3,(H,38,42)(H2,37,39,50). The number of esters is 1. The largest absolute Gasteiger partial charge is 0.513 e. The van der Waals surface area contributed by atoms with Crippen molar-refractivity contribution in [3.8, 4) is 28.7 Å². The molecule has 0 saturated heterocycles. The van der Waals surface area contributed by atoms with E-state index in [1.807, 2.05) is 13.8 Å². The van der Waals surface area contributed by atoms with Crippen LogP contribution in [-0.2, 0) is 19.8 Å². The topological polar surface area (TPSA) is 174 Å². The number of benzene rings is 4.